The number of hydrogen-bond donors (Lipinski definition) is 0. The van der Waals surface area contributed by atoms with Crippen molar-refractivity contribution in [3.05, 3.63) is 52.9 Å². The number of ketones is 1. The highest BCUT2D eigenvalue weighted by Crippen LogP contribution is 2.27. The molecule has 0 amide bonds. The van der Waals surface area contributed by atoms with E-state index in [9.17, 15) is 9.18 Å². The van der Waals surface area contributed by atoms with Crippen LogP contribution in [0.5, 0.6) is 0 Å². The van der Waals surface area contributed by atoms with E-state index in [1.165, 1.54) is 23.5 Å². The van der Waals surface area contributed by atoms with Crippen molar-refractivity contribution in [1.29, 1.82) is 0 Å². The highest BCUT2D eigenvalue weighted by molar-refractivity contribution is 7.20. The lowest BCUT2D eigenvalue weighted by Crippen LogP contribution is -1.99. The van der Waals surface area contributed by atoms with E-state index in [4.69, 9.17) is 0 Å². The fraction of sp³-hybridized carbons (Fsp3) is 0.143. The Morgan fingerprint density at radius 1 is 1.42 bits per heavy atom. The maximum Gasteiger partial charge on any atom is 0.177 e. The van der Waals surface area contributed by atoms with Crippen LogP contribution in [-0.4, -0.2) is 15.6 Å². The Labute approximate surface area is 113 Å². The van der Waals surface area contributed by atoms with Crippen LogP contribution in [0.2, 0.25) is 0 Å². The van der Waals surface area contributed by atoms with Crippen LogP contribution >= 0.6 is 11.3 Å². The number of aryl methyl sites for hydroxylation is 1. The standard InChI is InChI=1S/C14H11FN2OS/c1-17-8-9(7-16-17)4-12(18)14-5-10-2-3-11(15)6-13(10)19-14/h2-3,5-8H,4H2,1H3. The van der Waals surface area contributed by atoms with E-state index >= 15 is 0 Å². The number of rotatable bonds is 3. The van der Waals surface area contributed by atoms with Gasteiger partial charge in [0.25, 0.3) is 0 Å². The smallest absolute Gasteiger partial charge is 0.177 e. The normalized spacial score (nSPS) is 11.1. The molecule has 0 saturated heterocycles. The van der Waals surface area contributed by atoms with E-state index in [0.717, 1.165) is 15.6 Å². The summed E-state index contributed by atoms with van der Waals surface area (Å²) in [6, 6.07) is 6.38. The van der Waals surface area contributed by atoms with Crippen LogP contribution < -0.4 is 0 Å². The average molecular weight is 274 g/mol. The summed E-state index contributed by atoms with van der Waals surface area (Å²) in [5.41, 5.74) is 0.885. The fourth-order valence-corrected chi connectivity index (χ4v) is 3.00. The number of hydrogen-bond acceptors (Lipinski definition) is 3. The molecule has 0 atom stereocenters. The molecule has 0 saturated carbocycles. The maximum atomic E-state index is 13.1. The van der Waals surface area contributed by atoms with Crippen LogP contribution in [0.3, 0.4) is 0 Å². The van der Waals surface area contributed by atoms with Gasteiger partial charge in [-0.3, -0.25) is 9.48 Å². The Kier molecular flexibility index (Phi) is 2.91. The maximum absolute atomic E-state index is 13.1. The number of benzene rings is 1. The van der Waals surface area contributed by atoms with Crippen molar-refractivity contribution < 1.29 is 9.18 Å². The zero-order valence-electron chi connectivity index (χ0n) is 10.3. The third kappa shape index (κ3) is 2.42. The number of carbonyl (C=O) groups excluding carboxylic acids is 1. The Morgan fingerprint density at radius 2 is 2.26 bits per heavy atom. The molecule has 0 spiro atoms. The molecule has 0 radical (unpaired) electrons. The van der Waals surface area contributed by atoms with Crippen molar-refractivity contribution in [3.8, 4) is 0 Å². The summed E-state index contributed by atoms with van der Waals surface area (Å²) in [5, 5.41) is 4.94. The minimum atomic E-state index is -0.277. The Balaban J connectivity index is 1.89. The second kappa shape index (κ2) is 4.59. The molecule has 2 aromatic heterocycles. The number of carbonyl (C=O) groups is 1. The summed E-state index contributed by atoms with van der Waals surface area (Å²) in [6.45, 7) is 0. The molecular weight excluding hydrogens is 263 g/mol. The van der Waals surface area contributed by atoms with Gasteiger partial charge in [-0.05, 0) is 29.1 Å². The first kappa shape index (κ1) is 12.0. The van der Waals surface area contributed by atoms with Gasteiger partial charge in [0.05, 0.1) is 11.1 Å². The second-order valence-electron chi connectivity index (χ2n) is 4.42. The third-order valence-electron chi connectivity index (χ3n) is 2.88. The number of fused-ring (bicyclic) bond motifs is 1. The number of thiophene rings is 1. The van der Waals surface area contributed by atoms with Gasteiger partial charge in [-0.15, -0.1) is 11.3 Å². The van der Waals surface area contributed by atoms with Gasteiger partial charge in [-0.1, -0.05) is 6.07 Å². The quantitative estimate of drug-likeness (QED) is 0.687. The van der Waals surface area contributed by atoms with Crippen molar-refractivity contribution in [3.63, 3.8) is 0 Å². The van der Waals surface area contributed by atoms with Crippen molar-refractivity contribution in [2.24, 2.45) is 7.05 Å². The first-order valence-electron chi connectivity index (χ1n) is 5.81. The zero-order valence-corrected chi connectivity index (χ0v) is 11.1. The molecule has 96 valence electrons. The van der Waals surface area contributed by atoms with Crippen LogP contribution in [0.4, 0.5) is 4.39 Å². The van der Waals surface area contributed by atoms with Crippen molar-refractivity contribution in [2.75, 3.05) is 0 Å². The van der Waals surface area contributed by atoms with Crippen molar-refractivity contribution >= 4 is 27.2 Å². The van der Waals surface area contributed by atoms with Gasteiger partial charge in [0.1, 0.15) is 5.82 Å². The molecule has 1 aromatic carbocycles. The molecule has 2 heterocycles. The van der Waals surface area contributed by atoms with E-state index in [-0.39, 0.29) is 11.6 Å². The SMILES string of the molecule is Cn1cc(CC(=O)c2cc3ccc(F)cc3s2)cn1. The molecule has 3 rings (SSSR count). The summed E-state index contributed by atoms with van der Waals surface area (Å²) >= 11 is 1.33. The van der Waals surface area contributed by atoms with Gasteiger partial charge in [-0.2, -0.15) is 5.10 Å². The predicted molar refractivity (Wildman–Crippen MR) is 73.0 cm³/mol. The zero-order chi connectivity index (χ0) is 13.4. The van der Waals surface area contributed by atoms with Crippen LogP contribution in [0.25, 0.3) is 10.1 Å². The number of nitrogens with zero attached hydrogens (tertiary/aromatic N) is 2. The Hall–Kier alpha value is -2.01. The van der Waals surface area contributed by atoms with Crippen LogP contribution in [0.15, 0.2) is 36.7 Å². The molecule has 0 unspecified atom stereocenters. The van der Waals surface area contributed by atoms with Crippen LogP contribution in [0, 0.1) is 5.82 Å². The van der Waals surface area contributed by atoms with E-state index in [1.54, 1.807) is 16.9 Å². The molecule has 0 aliphatic rings. The van der Waals surface area contributed by atoms with Gasteiger partial charge < -0.3 is 0 Å². The lowest BCUT2D eigenvalue weighted by Gasteiger charge is -1.93. The van der Waals surface area contributed by atoms with E-state index in [2.05, 4.69) is 5.10 Å². The minimum absolute atomic E-state index is 0.0367. The molecule has 0 aliphatic heterocycles. The number of Topliss-reactive ketones (excluding diaryl/α,β-unsaturated/α-hetero) is 1. The molecule has 0 fully saturated rings. The molecule has 5 heteroatoms. The number of aromatic nitrogens is 2. The summed E-state index contributed by atoms with van der Waals surface area (Å²) in [7, 11) is 1.82. The lowest BCUT2D eigenvalue weighted by molar-refractivity contribution is 0.0997. The molecule has 0 bridgehead atoms. The van der Waals surface area contributed by atoms with Gasteiger partial charge in [0.15, 0.2) is 5.78 Å². The van der Waals surface area contributed by atoms with Crippen LogP contribution in [-0.2, 0) is 13.5 Å². The minimum Gasteiger partial charge on any atom is -0.293 e. The fourth-order valence-electron chi connectivity index (χ4n) is 1.98. The summed E-state index contributed by atoms with van der Waals surface area (Å²) in [5.74, 6) is -0.241. The van der Waals surface area contributed by atoms with E-state index in [1.807, 2.05) is 19.3 Å². The van der Waals surface area contributed by atoms with Crippen LogP contribution in [0.1, 0.15) is 15.2 Å². The average Bonchev–Trinajstić information content (AvgIpc) is 2.95. The first-order chi connectivity index (χ1) is 9.11. The highest BCUT2D eigenvalue weighted by atomic mass is 32.1. The third-order valence-corrected chi connectivity index (χ3v) is 4.02. The Bertz CT molecular complexity index is 760. The largest absolute Gasteiger partial charge is 0.293 e. The Morgan fingerprint density at radius 3 is 3.00 bits per heavy atom. The van der Waals surface area contributed by atoms with Gasteiger partial charge in [0, 0.05) is 24.4 Å². The van der Waals surface area contributed by atoms with Gasteiger partial charge in [0.2, 0.25) is 0 Å². The molecule has 0 aliphatic carbocycles. The molecular formula is C14H11FN2OS. The lowest BCUT2D eigenvalue weighted by atomic mass is 10.1. The molecule has 19 heavy (non-hydrogen) atoms. The summed E-state index contributed by atoms with van der Waals surface area (Å²) < 4.78 is 15.6. The topological polar surface area (TPSA) is 34.9 Å². The molecule has 0 N–H and O–H groups in total. The summed E-state index contributed by atoms with van der Waals surface area (Å²) in [4.78, 5) is 12.8. The summed E-state index contributed by atoms with van der Waals surface area (Å²) in [6.07, 6.45) is 3.83. The molecule has 3 nitrogen and oxygen atoms in total. The first-order valence-corrected chi connectivity index (χ1v) is 6.63. The molecule has 3 aromatic rings. The highest BCUT2D eigenvalue weighted by Gasteiger charge is 2.12. The van der Waals surface area contributed by atoms with E-state index in [0.29, 0.717) is 11.3 Å². The number of halogens is 1. The van der Waals surface area contributed by atoms with Crippen molar-refractivity contribution in [1.82, 2.24) is 9.78 Å². The van der Waals surface area contributed by atoms with Gasteiger partial charge in [-0.25, -0.2) is 4.39 Å². The predicted octanol–water partition coefficient (Wildman–Crippen LogP) is 3.20. The van der Waals surface area contributed by atoms with Crippen molar-refractivity contribution in [2.45, 2.75) is 6.42 Å². The monoisotopic (exact) mass is 274 g/mol. The van der Waals surface area contributed by atoms with E-state index < -0.39 is 0 Å². The van der Waals surface area contributed by atoms with Gasteiger partial charge >= 0.3 is 0 Å². The second-order valence-corrected chi connectivity index (χ2v) is 5.50.